The Labute approximate surface area is 219 Å². The number of anilines is 2. The Balaban J connectivity index is 1.17. The number of amides is 2. The Hall–Kier alpha value is -2.75. The summed E-state index contributed by atoms with van der Waals surface area (Å²) in [5, 5.41) is 3.36. The lowest BCUT2D eigenvalue weighted by atomic mass is 9.68. The van der Waals surface area contributed by atoms with Crippen LogP contribution in [0.2, 0.25) is 0 Å². The van der Waals surface area contributed by atoms with Crippen LogP contribution in [0.15, 0.2) is 42.7 Å². The lowest BCUT2D eigenvalue weighted by Gasteiger charge is -2.50. The molecule has 4 aliphatic rings. The minimum absolute atomic E-state index is 0.0316. The molecular formula is C28H38N6O3. The molecule has 1 spiro atoms. The van der Waals surface area contributed by atoms with Crippen LogP contribution in [0.5, 0.6) is 0 Å². The van der Waals surface area contributed by atoms with Gasteiger partial charge in [-0.15, -0.1) is 0 Å². The number of morpholine rings is 1. The minimum Gasteiger partial charge on any atom is -0.381 e. The molecule has 37 heavy (non-hydrogen) atoms. The van der Waals surface area contributed by atoms with Crippen LogP contribution in [-0.2, 0) is 15.0 Å². The van der Waals surface area contributed by atoms with Crippen molar-refractivity contribution in [3.63, 3.8) is 0 Å². The van der Waals surface area contributed by atoms with Crippen LogP contribution in [0.1, 0.15) is 37.7 Å². The molecule has 1 saturated carbocycles. The zero-order chi connectivity index (χ0) is 25.3. The summed E-state index contributed by atoms with van der Waals surface area (Å²) in [6.45, 7) is 6.38. The molecule has 0 bridgehead atoms. The van der Waals surface area contributed by atoms with Crippen molar-refractivity contribution in [2.75, 3.05) is 69.5 Å². The maximum atomic E-state index is 13.1. The molecule has 3 saturated heterocycles. The Morgan fingerprint density at radius 1 is 1.03 bits per heavy atom. The molecule has 2 aromatic rings. The van der Waals surface area contributed by atoms with E-state index in [2.05, 4.69) is 62.5 Å². The van der Waals surface area contributed by atoms with Crippen LogP contribution in [0.25, 0.3) is 0 Å². The van der Waals surface area contributed by atoms with Crippen LogP contribution in [0.3, 0.4) is 0 Å². The third-order valence-electron chi connectivity index (χ3n) is 8.94. The van der Waals surface area contributed by atoms with Crippen molar-refractivity contribution in [2.45, 2.75) is 43.2 Å². The van der Waals surface area contributed by atoms with Gasteiger partial charge >= 0.3 is 6.03 Å². The quantitative estimate of drug-likeness (QED) is 0.645. The number of nitrogens with one attached hydrogen (secondary N) is 1. The largest absolute Gasteiger partial charge is 0.381 e. The summed E-state index contributed by atoms with van der Waals surface area (Å²) in [7, 11) is 2.27. The SMILES string of the molecule is CN(CC1CCOC1)[C@]1(c2ccccc2)CC[C@]2(CC1)CN(c1cnc(N3CCOCC3)nc1)C(=O)N2. The van der Waals surface area contributed by atoms with E-state index >= 15 is 0 Å². The van der Waals surface area contributed by atoms with Gasteiger partial charge in [0.2, 0.25) is 5.95 Å². The molecule has 3 aliphatic heterocycles. The maximum Gasteiger partial charge on any atom is 0.322 e. The van der Waals surface area contributed by atoms with Crippen LogP contribution in [0, 0.1) is 5.92 Å². The normalized spacial score (nSPS) is 30.3. The molecule has 1 atom stereocenters. The number of rotatable bonds is 6. The topological polar surface area (TPSA) is 83.1 Å². The highest BCUT2D eigenvalue weighted by molar-refractivity contribution is 5.95. The van der Waals surface area contributed by atoms with Gasteiger partial charge in [0.1, 0.15) is 0 Å². The molecule has 198 valence electrons. The maximum absolute atomic E-state index is 13.1. The summed E-state index contributed by atoms with van der Waals surface area (Å²) in [4.78, 5) is 28.8. The number of hydrogen-bond donors (Lipinski definition) is 1. The van der Waals surface area contributed by atoms with E-state index in [4.69, 9.17) is 9.47 Å². The van der Waals surface area contributed by atoms with E-state index in [-0.39, 0.29) is 17.1 Å². The minimum atomic E-state index is -0.227. The second kappa shape index (κ2) is 10.2. The van der Waals surface area contributed by atoms with E-state index < -0.39 is 0 Å². The highest BCUT2D eigenvalue weighted by atomic mass is 16.5. The number of carbonyl (C=O) groups is 1. The number of benzene rings is 1. The predicted octanol–water partition coefficient (Wildman–Crippen LogP) is 3.02. The van der Waals surface area contributed by atoms with Crippen molar-refractivity contribution < 1.29 is 14.3 Å². The summed E-state index contributed by atoms with van der Waals surface area (Å²) in [5.74, 6) is 1.28. The first kappa shape index (κ1) is 24.6. The van der Waals surface area contributed by atoms with Gasteiger partial charge in [-0.3, -0.25) is 9.80 Å². The molecule has 1 unspecified atom stereocenters. The number of aromatic nitrogens is 2. The fraction of sp³-hybridized carbons (Fsp3) is 0.607. The van der Waals surface area contributed by atoms with Gasteiger partial charge in [-0.25, -0.2) is 14.8 Å². The van der Waals surface area contributed by atoms with Gasteiger partial charge in [0.25, 0.3) is 0 Å². The average molecular weight is 507 g/mol. The molecule has 4 heterocycles. The van der Waals surface area contributed by atoms with Gasteiger partial charge < -0.3 is 19.7 Å². The van der Waals surface area contributed by atoms with Gasteiger partial charge in [0.15, 0.2) is 0 Å². The molecule has 1 N–H and O–H groups in total. The second-order valence-corrected chi connectivity index (χ2v) is 11.1. The third kappa shape index (κ3) is 4.80. The Bertz CT molecular complexity index is 1060. The van der Waals surface area contributed by atoms with Crippen LogP contribution in [0.4, 0.5) is 16.4 Å². The molecular weight excluding hydrogens is 468 g/mol. The van der Waals surface area contributed by atoms with Crippen LogP contribution >= 0.6 is 0 Å². The van der Waals surface area contributed by atoms with E-state index in [0.717, 1.165) is 70.6 Å². The van der Waals surface area contributed by atoms with Crippen LogP contribution in [-0.4, -0.2) is 86.1 Å². The summed E-state index contributed by atoms with van der Waals surface area (Å²) in [6, 6.07) is 10.9. The number of ether oxygens (including phenoxy) is 2. The van der Waals surface area contributed by atoms with Crippen LogP contribution < -0.4 is 15.1 Å². The standard InChI is InChI=1S/C28H38N6O3/c1-32(19-22-7-14-37-20-22)28(23-5-3-2-4-6-23)10-8-27(9-11-28)21-34(26(35)31-27)24-17-29-25(30-18-24)33-12-15-36-16-13-33/h2-6,17-18,22H,7-16,19-21H2,1H3,(H,31,35)/t22?,27-,28+. The summed E-state index contributed by atoms with van der Waals surface area (Å²) in [5.41, 5.74) is 1.87. The average Bonchev–Trinajstić information content (AvgIpc) is 3.58. The molecule has 2 amide bonds. The lowest BCUT2D eigenvalue weighted by Crippen LogP contribution is -2.55. The number of hydrogen-bond acceptors (Lipinski definition) is 7. The van der Waals surface area contributed by atoms with Gasteiger partial charge in [-0.05, 0) is 50.6 Å². The van der Waals surface area contributed by atoms with Crippen molar-refractivity contribution in [1.29, 1.82) is 0 Å². The Kier molecular flexibility index (Phi) is 6.77. The third-order valence-corrected chi connectivity index (χ3v) is 8.94. The van der Waals surface area contributed by atoms with E-state index in [9.17, 15) is 4.79 Å². The fourth-order valence-electron chi connectivity index (χ4n) is 6.65. The molecule has 9 heteroatoms. The van der Waals surface area contributed by atoms with Gasteiger partial charge in [-0.1, -0.05) is 30.3 Å². The van der Waals surface area contributed by atoms with Crippen molar-refractivity contribution in [2.24, 2.45) is 5.92 Å². The summed E-state index contributed by atoms with van der Waals surface area (Å²) >= 11 is 0. The first-order valence-electron chi connectivity index (χ1n) is 13.7. The first-order chi connectivity index (χ1) is 18.1. The number of carbonyl (C=O) groups excluding carboxylic acids is 1. The van der Waals surface area contributed by atoms with E-state index in [1.54, 1.807) is 12.4 Å². The van der Waals surface area contributed by atoms with Crippen molar-refractivity contribution in [3.05, 3.63) is 48.3 Å². The van der Waals surface area contributed by atoms with Gasteiger partial charge in [-0.2, -0.15) is 0 Å². The molecule has 1 aromatic heterocycles. The number of nitrogens with zero attached hydrogens (tertiary/aromatic N) is 5. The first-order valence-corrected chi connectivity index (χ1v) is 13.7. The molecule has 4 fully saturated rings. The zero-order valence-electron chi connectivity index (χ0n) is 21.8. The van der Waals surface area contributed by atoms with E-state index in [0.29, 0.717) is 31.6 Å². The summed E-state index contributed by atoms with van der Waals surface area (Å²) < 4.78 is 11.1. The molecule has 1 aromatic carbocycles. The molecule has 1 aliphatic carbocycles. The van der Waals surface area contributed by atoms with E-state index in [1.165, 1.54) is 5.56 Å². The lowest BCUT2D eigenvalue weighted by molar-refractivity contribution is 0.0323. The van der Waals surface area contributed by atoms with Gasteiger partial charge in [0, 0.05) is 31.8 Å². The van der Waals surface area contributed by atoms with E-state index in [1.807, 2.05) is 4.90 Å². The highest BCUT2D eigenvalue weighted by Gasteiger charge is 2.51. The number of urea groups is 1. The highest BCUT2D eigenvalue weighted by Crippen LogP contribution is 2.47. The summed E-state index contributed by atoms with van der Waals surface area (Å²) in [6.07, 6.45) is 8.57. The monoisotopic (exact) mass is 506 g/mol. The van der Waals surface area contributed by atoms with Crippen molar-refractivity contribution >= 4 is 17.7 Å². The second-order valence-electron chi connectivity index (χ2n) is 11.1. The Morgan fingerprint density at radius 2 is 1.76 bits per heavy atom. The zero-order valence-corrected chi connectivity index (χ0v) is 21.8. The van der Waals surface area contributed by atoms with Gasteiger partial charge in [0.05, 0.1) is 50.0 Å². The fourth-order valence-corrected chi connectivity index (χ4v) is 6.65. The molecule has 0 radical (unpaired) electrons. The Morgan fingerprint density at radius 3 is 2.43 bits per heavy atom. The van der Waals surface area contributed by atoms with Crippen molar-refractivity contribution in [3.8, 4) is 0 Å². The predicted molar refractivity (Wildman–Crippen MR) is 142 cm³/mol. The molecule has 6 rings (SSSR count). The van der Waals surface area contributed by atoms with Crippen molar-refractivity contribution in [1.82, 2.24) is 20.2 Å². The molecule has 9 nitrogen and oxygen atoms in total. The smallest absolute Gasteiger partial charge is 0.322 e.